The number of benzene rings is 5. The largest absolute Gasteiger partial charge is 0.392 e. The van der Waals surface area contributed by atoms with Crippen LogP contribution in [0.25, 0.3) is 0 Å². The van der Waals surface area contributed by atoms with Gasteiger partial charge in [0.2, 0.25) is 11.8 Å². The Balaban J connectivity index is 1.30. The van der Waals surface area contributed by atoms with Crippen LogP contribution in [0.3, 0.4) is 0 Å². The first-order chi connectivity index (χ1) is 23.5. The van der Waals surface area contributed by atoms with Gasteiger partial charge in [0.05, 0.1) is 18.2 Å². The number of aliphatic hydroxyl groups is 1. The Morgan fingerprint density at radius 1 is 0.625 bits per heavy atom. The van der Waals surface area contributed by atoms with Crippen LogP contribution in [0, 0.1) is 0 Å². The average molecular weight is 641 g/mol. The maximum absolute atomic E-state index is 13.5. The SMILES string of the molecule is NC(Cc1ccccc1)C(=O)NC(CCCCNC(c1ccccc1)(c1ccccc1)c1ccccc1)C(=O)Nc1ccc(CO)cc1. The second-order valence-electron chi connectivity index (χ2n) is 12.0. The number of aliphatic hydroxyl groups excluding tert-OH is 1. The van der Waals surface area contributed by atoms with Crippen LogP contribution in [-0.2, 0) is 28.2 Å². The van der Waals surface area contributed by atoms with Gasteiger partial charge in [-0.2, -0.15) is 0 Å². The van der Waals surface area contributed by atoms with Gasteiger partial charge in [0.15, 0.2) is 0 Å². The molecule has 2 amide bonds. The number of rotatable bonds is 16. The summed E-state index contributed by atoms with van der Waals surface area (Å²) in [5.74, 6) is -0.684. The van der Waals surface area contributed by atoms with E-state index in [1.807, 2.05) is 48.5 Å². The zero-order valence-electron chi connectivity index (χ0n) is 27.1. The Kier molecular flexibility index (Phi) is 12.3. The molecule has 246 valence electrons. The molecule has 5 aromatic carbocycles. The molecule has 0 spiro atoms. The van der Waals surface area contributed by atoms with E-state index in [9.17, 15) is 14.7 Å². The van der Waals surface area contributed by atoms with E-state index in [-0.39, 0.29) is 18.4 Å². The van der Waals surface area contributed by atoms with Crippen molar-refractivity contribution >= 4 is 17.5 Å². The first kappa shape index (κ1) is 34.3. The second-order valence-corrected chi connectivity index (χ2v) is 12.0. The molecule has 7 heteroatoms. The third kappa shape index (κ3) is 8.83. The zero-order chi connectivity index (χ0) is 33.6. The minimum atomic E-state index is -0.795. The summed E-state index contributed by atoms with van der Waals surface area (Å²) in [6, 6.07) is 46.3. The van der Waals surface area contributed by atoms with E-state index in [0.29, 0.717) is 31.5 Å². The van der Waals surface area contributed by atoms with Crippen molar-refractivity contribution in [1.29, 1.82) is 0 Å². The normalized spacial score (nSPS) is 12.5. The molecular formula is C41H44N4O3. The third-order valence-corrected chi connectivity index (χ3v) is 8.60. The summed E-state index contributed by atoms with van der Waals surface area (Å²) < 4.78 is 0. The Morgan fingerprint density at radius 2 is 1.12 bits per heavy atom. The van der Waals surface area contributed by atoms with Crippen molar-refractivity contribution < 1.29 is 14.7 Å². The summed E-state index contributed by atoms with van der Waals surface area (Å²) >= 11 is 0. The maximum Gasteiger partial charge on any atom is 0.246 e. The van der Waals surface area contributed by atoms with Crippen molar-refractivity contribution in [3.05, 3.63) is 173 Å². The molecule has 0 saturated heterocycles. The zero-order valence-corrected chi connectivity index (χ0v) is 27.1. The molecule has 0 aliphatic heterocycles. The highest BCUT2D eigenvalue weighted by Gasteiger charge is 2.35. The molecule has 0 aromatic heterocycles. The predicted molar refractivity (Wildman–Crippen MR) is 192 cm³/mol. The third-order valence-electron chi connectivity index (χ3n) is 8.60. The molecule has 0 saturated carbocycles. The molecule has 0 aliphatic rings. The lowest BCUT2D eigenvalue weighted by molar-refractivity contribution is -0.127. The molecule has 2 atom stereocenters. The molecule has 6 N–H and O–H groups in total. The van der Waals surface area contributed by atoms with Crippen LogP contribution in [-0.4, -0.2) is 35.5 Å². The fraction of sp³-hybridized carbons (Fsp3) is 0.220. The monoisotopic (exact) mass is 640 g/mol. The minimum Gasteiger partial charge on any atom is -0.392 e. The molecule has 48 heavy (non-hydrogen) atoms. The van der Waals surface area contributed by atoms with E-state index in [1.54, 1.807) is 24.3 Å². The summed E-state index contributed by atoms with van der Waals surface area (Å²) in [5.41, 5.74) is 11.4. The Hall–Kier alpha value is -5.08. The van der Waals surface area contributed by atoms with E-state index in [1.165, 1.54) is 0 Å². The van der Waals surface area contributed by atoms with Crippen LogP contribution in [0.1, 0.15) is 47.1 Å². The number of carbonyl (C=O) groups is 2. The van der Waals surface area contributed by atoms with Crippen LogP contribution in [0.2, 0.25) is 0 Å². The second kappa shape index (κ2) is 17.2. The lowest BCUT2D eigenvalue weighted by Gasteiger charge is -2.37. The molecule has 0 radical (unpaired) electrons. The van der Waals surface area contributed by atoms with Gasteiger partial charge in [-0.15, -0.1) is 0 Å². The highest BCUT2D eigenvalue weighted by molar-refractivity contribution is 5.97. The van der Waals surface area contributed by atoms with E-state index in [4.69, 9.17) is 5.73 Å². The smallest absolute Gasteiger partial charge is 0.246 e. The summed E-state index contributed by atoms with van der Waals surface area (Å²) in [7, 11) is 0. The lowest BCUT2D eigenvalue weighted by atomic mass is 9.77. The summed E-state index contributed by atoms with van der Waals surface area (Å²) in [4.78, 5) is 26.8. The van der Waals surface area contributed by atoms with Crippen LogP contribution in [0.5, 0.6) is 0 Å². The van der Waals surface area contributed by atoms with Crippen LogP contribution < -0.4 is 21.7 Å². The van der Waals surface area contributed by atoms with Gasteiger partial charge in [0, 0.05) is 5.69 Å². The van der Waals surface area contributed by atoms with Gasteiger partial charge in [0.1, 0.15) is 6.04 Å². The first-order valence-corrected chi connectivity index (χ1v) is 16.5. The van der Waals surface area contributed by atoms with Crippen molar-refractivity contribution in [2.75, 3.05) is 11.9 Å². The number of nitrogens with one attached hydrogen (secondary N) is 3. The number of unbranched alkanes of at least 4 members (excludes halogenated alkanes) is 1. The number of hydrogen-bond donors (Lipinski definition) is 5. The number of amides is 2. The van der Waals surface area contributed by atoms with Crippen molar-refractivity contribution in [1.82, 2.24) is 10.6 Å². The van der Waals surface area contributed by atoms with Gasteiger partial charge in [-0.3, -0.25) is 14.9 Å². The highest BCUT2D eigenvalue weighted by Crippen LogP contribution is 2.36. The standard InChI is InChI=1S/C41H44N4O3/c42-37(29-31-15-5-1-6-16-31)39(47)45-38(40(48)44-36-26-24-32(30-46)25-27-36)23-13-14-28-43-41(33-17-7-2-8-18-33,34-19-9-3-10-20-34)35-21-11-4-12-22-35/h1-12,15-22,24-27,37-38,43,46H,13-14,23,28-30,42H2,(H,44,48)(H,45,47). The molecule has 2 unspecified atom stereocenters. The molecule has 5 rings (SSSR count). The maximum atomic E-state index is 13.5. The Bertz CT molecular complexity index is 1600. The van der Waals surface area contributed by atoms with E-state index < -0.39 is 17.6 Å². The summed E-state index contributed by atoms with van der Waals surface area (Å²) in [6.07, 6.45) is 2.24. The highest BCUT2D eigenvalue weighted by atomic mass is 16.3. The number of hydrogen-bond acceptors (Lipinski definition) is 5. The average Bonchev–Trinajstić information content (AvgIpc) is 3.14. The van der Waals surface area contributed by atoms with Crippen molar-refractivity contribution in [2.45, 2.75) is 49.9 Å². The summed E-state index contributed by atoms with van der Waals surface area (Å²) in [6.45, 7) is 0.581. The molecular weight excluding hydrogens is 596 g/mol. The molecule has 0 fully saturated rings. The number of nitrogens with two attached hydrogens (primary N) is 1. The minimum absolute atomic E-state index is 0.0830. The first-order valence-electron chi connectivity index (χ1n) is 16.5. The van der Waals surface area contributed by atoms with E-state index >= 15 is 0 Å². The van der Waals surface area contributed by atoms with E-state index in [0.717, 1.165) is 34.2 Å². The fourth-order valence-corrected chi connectivity index (χ4v) is 6.05. The van der Waals surface area contributed by atoms with Crippen LogP contribution in [0.15, 0.2) is 146 Å². The number of carbonyl (C=O) groups excluding carboxylic acids is 2. The van der Waals surface area contributed by atoms with Crippen LogP contribution >= 0.6 is 0 Å². The van der Waals surface area contributed by atoms with Gasteiger partial charge >= 0.3 is 0 Å². The molecule has 0 bridgehead atoms. The van der Waals surface area contributed by atoms with E-state index in [2.05, 4.69) is 88.7 Å². The molecule has 0 heterocycles. The number of anilines is 1. The van der Waals surface area contributed by atoms with Gasteiger partial charge in [-0.1, -0.05) is 133 Å². The van der Waals surface area contributed by atoms with Gasteiger partial charge in [0.25, 0.3) is 0 Å². The lowest BCUT2D eigenvalue weighted by Crippen LogP contribution is -2.50. The van der Waals surface area contributed by atoms with Gasteiger partial charge < -0.3 is 21.5 Å². The summed E-state index contributed by atoms with van der Waals surface area (Å²) in [5, 5.41) is 19.1. The van der Waals surface area contributed by atoms with Crippen molar-refractivity contribution in [2.24, 2.45) is 5.73 Å². The molecule has 0 aliphatic carbocycles. The predicted octanol–water partition coefficient (Wildman–Crippen LogP) is 5.92. The fourth-order valence-electron chi connectivity index (χ4n) is 6.05. The Labute approximate surface area is 283 Å². The quantitative estimate of drug-likeness (QED) is 0.0678. The molecule has 5 aromatic rings. The van der Waals surface area contributed by atoms with Crippen molar-refractivity contribution in [3.63, 3.8) is 0 Å². The van der Waals surface area contributed by atoms with Gasteiger partial charge in [-0.25, -0.2) is 0 Å². The van der Waals surface area contributed by atoms with Gasteiger partial charge in [-0.05, 0) is 72.2 Å². The van der Waals surface area contributed by atoms with Crippen molar-refractivity contribution in [3.8, 4) is 0 Å². The molecule has 7 nitrogen and oxygen atoms in total. The Morgan fingerprint density at radius 3 is 1.62 bits per heavy atom. The topological polar surface area (TPSA) is 116 Å². The van der Waals surface area contributed by atoms with Crippen LogP contribution in [0.4, 0.5) is 5.69 Å².